The van der Waals surface area contributed by atoms with Gasteiger partial charge in [-0.25, -0.2) is 13.8 Å². The van der Waals surface area contributed by atoms with Crippen LogP contribution in [0, 0.1) is 0 Å². The first-order chi connectivity index (χ1) is 10.5. The molecule has 22 heavy (non-hydrogen) atoms. The molecule has 5 nitrogen and oxygen atoms in total. The second kappa shape index (κ2) is 7.49. The molecular formula is C15H20F2N2O3. The predicted octanol–water partition coefficient (Wildman–Crippen LogP) is 2.10. The lowest BCUT2D eigenvalue weighted by Gasteiger charge is -2.25. The van der Waals surface area contributed by atoms with Gasteiger partial charge in [-0.2, -0.15) is 0 Å². The fourth-order valence-corrected chi connectivity index (χ4v) is 2.68. The Bertz CT molecular complexity index is 511. The Kier molecular flexibility index (Phi) is 5.65. The van der Waals surface area contributed by atoms with Gasteiger partial charge in [0.25, 0.3) is 12.3 Å². The number of rotatable bonds is 6. The molecule has 2 unspecified atom stereocenters. The van der Waals surface area contributed by atoms with Gasteiger partial charge >= 0.3 is 0 Å². The number of hydrogen-bond acceptors (Lipinski definition) is 4. The van der Waals surface area contributed by atoms with Gasteiger partial charge in [-0.1, -0.05) is 0 Å². The Hall–Kier alpha value is -1.76. The molecule has 1 aromatic heterocycles. The highest BCUT2D eigenvalue weighted by Gasteiger charge is 2.30. The molecule has 0 spiro atoms. The molecule has 0 bridgehead atoms. The lowest BCUT2D eigenvalue weighted by molar-refractivity contribution is 0.0679. The van der Waals surface area contributed by atoms with Crippen molar-refractivity contribution in [3.63, 3.8) is 0 Å². The molecule has 0 saturated carbocycles. The number of aromatic nitrogens is 1. The summed E-state index contributed by atoms with van der Waals surface area (Å²) in [7, 11) is 0. The Morgan fingerprint density at radius 3 is 3.05 bits per heavy atom. The van der Waals surface area contributed by atoms with Gasteiger partial charge in [-0.15, -0.1) is 0 Å². The number of aliphatic hydroxyl groups excluding tert-OH is 1. The molecule has 2 atom stereocenters. The van der Waals surface area contributed by atoms with Gasteiger partial charge in [0.15, 0.2) is 6.61 Å². The van der Waals surface area contributed by atoms with Crippen molar-refractivity contribution in [2.45, 2.75) is 44.8 Å². The predicted molar refractivity (Wildman–Crippen MR) is 76.1 cm³/mol. The molecule has 2 rings (SSSR count). The number of hydrogen-bond donors (Lipinski definition) is 1. The smallest absolute Gasteiger partial charge is 0.272 e. The van der Waals surface area contributed by atoms with E-state index in [1.165, 1.54) is 18.3 Å². The third-order valence-corrected chi connectivity index (χ3v) is 3.59. The van der Waals surface area contributed by atoms with Crippen LogP contribution in [0.3, 0.4) is 0 Å². The fourth-order valence-electron chi connectivity index (χ4n) is 2.68. The number of amides is 1. The zero-order valence-electron chi connectivity index (χ0n) is 12.4. The number of carbonyl (C=O) groups excluding carboxylic acids is 1. The van der Waals surface area contributed by atoms with E-state index in [9.17, 15) is 18.7 Å². The van der Waals surface area contributed by atoms with E-state index >= 15 is 0 Å². The Morgan fingerprint density at radius 2 is 2.36 bits per heavy atom. The van der Waals surface area contributed by atoms with Crippen molar-refractivity contribution in [2.75, 3.05) is 13.2 Å². The first-order valence-corrected chi connectivity index (χ1v) is 7.33. The topological polar surface area (TPSA) is 62.7 Å². The van der Waals surface area contributed by atoms with Gasteiger partial charge in [0, 0.05) is 30.4 Å². The number of alkyl halides is 2. The molecule has 1 N–H and O–H groups in total. The number of nitrogens with zero attached hydrogens (tertiary/aromatic N) is 2. The fraction of sp³-hybridized carbons (Fsp3) is 0.600. The molecular weight excluding hydrogens is 294 g/mol. The number of aliphatic hydroxyl groups is 1. The van der Waals surface area contributed by atoms with E-state index in [0.29, 0.717) is 18.5 Å². The van der Waals surface area contributed by atoms with E-state index < -0.39 is 19.1 Å². The molecule has 0 aromatic carbocycles. The van der Waals surface area contributed by atoms with Crippen molar-refractivity contribution in [3.05, 3.63) is 23.9 Å². The standard InChI is InChI=1S/C15H20F2N2O3/c1-10(20)7-12-3-2-6-19(12)15(21)11-4-5-18-14(8-11)22-9-13(16)17/h4-5,8,10,12-13,20H,2-3,6-7,9H2,1H3. The minimum Gasteiger partial charge on any atom is -0.472 e. The normalized spacial score (nSPS) is 19.5. The summed E-state index contributed by atoms with van der Waals surface area (Å²) in [5.74, 6) is -0.176. The van der Waals surface area contributed by atoms with Crippen LogP contribution in [0.15, 0.2) is 18.3 Å². The van der Waals surface area contributed by atoms with Crippen molar-refractivity contribution in [2.24, 2.45) is 0 Å². The monoisotopic (exact) mass is 314 g/mol. The van der Waals surface area contributed by atoms with Crippen LogP contribution in [-0.2, 0) is 0 Å². The molecule has 7 heteroatoms. The largest absolute Gasteiger partial charge is 0.472 e. The van der Waals surface area contributed by atoms with Crippen LogP contribution in [0.2, 0.25) is 0 Å². The van der Waals surface area contributed by atoms with Crippen molar-refractivity contribution < 1.29 is 23.4 Å². The molecule has 1 saturated heterocycles. The van der Waals surface area contributed by atoms with Crippen LogP contribution >= 0.6 is 0 Å². The second-order valence-corrected chi connectivity index (χ2v) is 5.46. The Morgan fingerprint density at radius 1 is 1.59 bits per heavy atom. The summed E-state index contributed by atoms with van der Waals surface area (Å²) in [5.41, 5.74) is 0.358. The first kappa shape index (κ1) is 16.6. The highest BCUT2D eigenvalue weighted by Crippen LogP contribution is 2.24. The average molecular weight is 314 g/mol. The van der Waals surface area contributed by atoms with Crippen LogP contribution in [0.4, 0.5) is 8.78 Å². The molecule has 0 aliphatic carbocycles. The zero-order valence-corrected chi connectivity index (χ0v) is 12.4. The third-order valence-electron chi connectivity index (χ3n) is 3.59. The zero-order chi connectivity index (χ0) is 16.1. The second-order valence-electron chi connectivity index (χ2n) is 5.46. The summed E-state index contributed by atoms with van der Waals surface area (Å²) >= 11 is 0. The summed E-state index contributed by atoms with van der Waals surface area (Å²) in [4.78, 5) is 18.1. The molecule has 1 aromatic rings. The minimum absolute atomic E-state index is 0.00565. The molecule has 1 aliphatic rings. The highest BCUT2D eigenvalue weighted by atomic mass is 19.3. The maximum atomic E-state index is 12.5. The number of ether oxygens (including phenoxy) is 1. The number of carbonyl (C=O) groups is 1. The third kappa shape index (κ3) is 4.37. The van der Waals surface area contributed by atoms with Gasteiger partial charge in [0.05, 0.1) is 6.10 Å². The van der Waals surface area contributed by atoms with Crippen LogP contribution in [-0.4, -0.2) is 52.6 Å². The van der Waals surface area contributed by atoms with Crippen LogP contribution in [0.1, 0.15) is 36.5 Å². The molecule has 1 fully saturated rings. The van der Waals surface area contributed by atoms with E-state index in [1.54, 1.807) is 11.8 Å². The van der Waals surface area contributed by atoms with Crippen LogP contribution in [0.25, 0.3) is 0 Å². The summed E-state index contributed by atoms with van der Waals surface area (Å²) in [6, 6.07) is 2.92. The van der Waals surface area contributed by atoms with Gasteiger partial charge < -0.3 is 14.7 Å². The van der Waals surface area contributed by atoms with Gasteiger partial charge in [0.2, 0.25) is 5.88 Å². The first-order valence-electron chi connectivity index (χ1n) is 7.33. The van der Waals surface area contributed by atoms with Crippen LogP contribution < -0.4 is 4.74 Å². The lowest BCUT2D eigenvalue weighted by Crippen LogP contribution is -2.37. The summed E-state index contributed by atoms with van der Waals surface area (Å²) in [5, 5.41) is 9.51. The van der Waals surface area contributed by atoms with Crippen molar-refractivity contribution in [3.8, 4) is 5.88 Å². The maximum absolute atomic E-state index is 12.5. The van der Waals surface area contributed by atoms with E-state index in [-0.39, 0.29) is 17.8 Å². The quantitative estimate of drug-likeness (QED) is 0.873. The number of pyridine rings is 1. The summed E-state index contributed by atoms with van der Waals surface area (Å²) < 4.78 is 29.1. The van der Waals surface area contributed by atoms with E-state index in [2.05, 4.69) is 4.98 Å². The van der Waals surface area contributed by atoms with Crippen molar-refractivity contribution >= 4 is 5.91 Å². The summed E-state index contributed by atoms with van der Waals surface area (Å²) in [6.45, 7) is 1.58. The van der Waals surface area contributed by atoms with Crippen molar-refractivity contribution in [1.29, 1.82) is 0 Å². The van der Waals surface area contributed by atoms with Gasteiger partial charge in [-0.05, 0) is 32.3 Å². The number of likely N-dealkylation sites (tertiary alicyclic amines) is 1. The maximum Gasteiger partial charge on any atom is 0.272 e. The molecule has 0 radical (unpaired) electrons. The highest BCUT2D eigenvalue weighted by molar-refractivity contribution is 5.94. The average Bonchev–Trinajstić information content (AvgIpc) is 2.92. The van der Waals surface area contributed by atoms with Gasteiger partial charge in [0.1, 0.15) is 0 Å². The molecule has 1 aliphatic heterocycles. The molecule has 2 heterocycles. The SMILES string of the molecule is CC(O)CC1CCCN1C(=O)c1ccnc(OCC(F)F)c1. The van der Waals surface area contributed by atoms with Crippen molar-refractivity contribution in [1.82, 2.24) is 9.88 Å². The van der Waals surface area contributed by atoms with E-state index in [4.69, 9.17) is 4.74 Å². The lowest BCUT2D eigenvalue weighted by atomic mass is 10.1. The van der Waals surface area contributed by atoms with Gasteiger partial charge in [-0.3, -0.25) is 4.79 Å². The summed E-state index contributed by atoms with van der Waals surface area (Å²) in [6.07, 6.45) is 0.592. The number of halogens is 2. The van der Waals surface area contributed by atoms with Crippen LogP contribution in [0.5, 0.6) is 5.88 Å². The molecule has 1 amide bonds. The molecule has 122 valence electrons. The van der Waals surface area contributed by atoms with E-state index in [1.807, 2.05) is 0 Å². The minimum atomic E-state index is -2.59. The van der Waals surface area contributed by atoms with E-state index in [0.717, 1.165) is 12.8 Å². The Balaban J connectivity index is 2.06. The Labute approximate surface area is 127 Å².